The Kier molecular flexibility index (Phi) is 2.74. The van der Waals surface area contributed by atoms with E-state index >= 15 is 0 Å². The van der Waals surface area contributed by atoms with Gasteiger partial charge in [0.1, 0.15) is 0 Å². The highest BCUT2D eigenvalue weighted by Gasteiger charge is 2.41. The normalized spacial score (nSPS) is 15.6. The van der Waals surface area contributed by atoms with Crippen molar-refractivity contribution >= 4 is 5.69 Å². The Balaban J connectivity index is 2.12. The SMILES string of the molecule is CC(C)(C1CC1)n1nnnc1-c1cc(F)c(F)cc1N. The van der Waals surface area contributed by atoms with Crippen molar-refractivity contribution in [3.8, 4) is 11.4 Å². The molecule has 5 nitrogen and oxygen atoms in total. The van der Waals surface area contributed by atoms with Gasteiger partial charge in [-0.05, 0) is 49.1 Å². The molecule has 7 heteroatoms. The number of halogens is 2. The lowest BCUT2D eigenvalue weighted by molar-refractivity contribution is 0.271. The number of rotatable bonds is 3. The third-order valence-corrected chi connectivity index (χ3v) is 3.93. The minimum atomic E-state index is -0.980. The monoisotopic (exact) mass is 279 g/mol. The van der Waals surface area contributed by atoms with Crippen molar-refractivity contribution < 1.29 is 8.78 Å². The molecule has 1 aliphatic carbocycles. The lowest BCUT2D eigenvalue weighted by Gasteiger charge is -2.25. The molecule has 0 atom stereocenters. The predicted octanol–water partition coefficient (Wildman–Crippen LogP) is 2.35. The quantitative estimate of drug-likeness (QED) is 0.875. The maximum Gasteiger partial charge on any atom is 0.184 e. The van der Waals surface area contributed by atoms with E-state index in [4.69, 9.17) is 5.73 Å². The summed E-state index contributed by atoms with van der Waals surface area (Å²) in [7, 11) is 0. The van der Waals surface area contributed by atoms with Crippen molar-refractivity contribution in [1.29, 1.82) is 0 Å². The third-order valence-electron chi connectivity index (χ3n) is 3.93. The second-order valence-electron chi connectivity index (χ2n) is 5.70. The van der Waals surface area contributed by atoms with Gasteiger partial charge in [-0.25, -0.2) is 13.5 Å². The van der Waals surface area contributed by atoms with Gasteiger partial charge in [-0.15, -0.1) is 5.10 Å². The average molecular weight is 279 g/mol. The van der Waals surface area contributed by atoms with E-state index in [1.807, 2.05) is 13.8 Å². The summed E-state index contributed by atoms with van der Waals surface area (Å²) in [5.41, 5.74) is 5.91. The first-order valence-electron chi connectivity index (χ1n) is 6.45. The molecule has 1 fully saturated rings. The van der Waals surface area contributed by atoms with E-state index in [1.54, 1.807) is 4.68 Å². The van der Waals surface area contributed by atoms with Crippen LogP contribution in [0.1, 0.15) is 26.7 Å². The van der Waals surface area contributed by atoms with Gasteiger partial charge >= 0.3 is 0 Å². The van der Waals surface area contributed by atoms with Crippen LogP contribution in [0.15, 0.2) is 12.1 Å². The zero-order chi connectivity index (χ0) is 14.5. The van der Waals surface area contributed by atoms with E-state index in [-0.39, 0.29) is 11.2 Å². The fraction of sp³-hybridized carbons (Fsp3) is 0.462. The summed E-state index contributed by atoms with van der Waals surface area (Å²) in [6, 6.07) is 1.99. The maximum absolute atomic E-state index is 13.4. The highest BCUT2D eigenvalue weighted by Crippen LogP contribution is 2.45. The molecule has 0 unspecified atom stereocenters. The van der Waals surface area contributed by atoms with E-state index in [0.29, 0.717) is 17.3 Å². The van der Waals surface area contributed by atoms with Gasteiger partial charge in [0.25, 0.3) is 0 Å². The van der Waals surface area contributed by atoms with Gasteiger partial charge in [-0.2, -0.15) is 0 Å². The van der Waals surface area contributed by atoms with Crippen LogP contribution in [0.3, 0.4) is 0 Å². The Bertz CT molecular complexity index is 661. The van der Waals surface area contributed by atoms with Gasteiger partial charge in [0.05, 0.1) is 5.54 Å². The predicted molar refractivity (Wildman–Crippen MR) is 69.6 cm³/mol. The summed E-state index contributed by atoms with van der Waals surface area (Å²) in [6.07, 6.45) is 2.22. The molecule has 106 valence electrons. The minimum absolute atomic E-state index is 0.117. The molecule has 2 aromatic rings. The van der Waals surface area contributed by atoms with Crippen molar-refractivity contribution in [2.75, 3.05) is 5.73 Å². The molecule has 0 radical (unpaired) electrons. The first-order valence-corrected chi connectivity index (χ1v) is 6.45. The van der Waals surface area contributed by atoms with Crippen LogP contribution in [0.2, 0.25) is 0 Å². The summed E-state index contributed by atoms with van der Waals surface area (Å²) < 4.78 is 28.2. The number of nitrogens with zero attached hydrogens (tertiary/aromatic N) is 4. The van der Waals surface area contributed by atoms with Gasteiger partial charge in [-0.1, -0.05) is 0 Å². The van der Waals surface area contributed by atoms with Crippen molar-refractivity contribution in [1.82, 2.24) is 20.2 Å². The molecular formula is C13H15F2N5. The molecule has 1 saturated carbocycles. The topological polar surface area (TPSA) is 69.6 Å². The molecular weight excluding hydrogens is 264 g/mol. The Labute approximate surface area is 114 Å². The van der Waals surface area contributed by atoms with E-state index in [2.05, 4.69) is 15.5 Å². The second-order valence-corrected chi connectivity index (χ2v) is 5.70. The Hall–Kier alpha value is -2.05. The van der Waals surface area contributed by atoms with E-state index in [1.165, 1.54) is 0 Å². The number of nitrogen functional groups attached to an aromatic ring is 1. The molecule has 1 heterocycles. The number of benzene rings is 1. The van der Waals surface area contributed by atoms with Gasteiger partial charge in [0.2, 0.25) is 0 Å². The Morgan fingerprint density at radius 1 is 1.25 bits per heavy atom. The largest absolute Gasteiger partial charge is 0.398 e. The number of anilines is 1. The van der Waals surface area contributed by atoms with Crippen LogP contribution in [0.5, 0.6) is 0 Å². The minimum Gasteiger partial charge on any atom is -0.398 e. The van der Waals surface area contributed by atoms with Crippen molar-refractivity contribution in [3.05, 3.63) is 23.8 Å². The summed E-state index contributed by atoms with van der Waals surface area (Å²) in [5.74, 6) is -1.10. The molecule has 20 heavy (non-hydrogen) atoms. The third kappa shape index (κ3) is 1.93. The molecule has 1 aliphatic rings. The van der Waals surface area contributed by atoms with Gasteiger partial charge in [0.15, 0.2) is 17.5 Å². The van der Waals surface area contributed by atoms with Crippen molar-refractivity contribution in [3.63, 3.8) is 0 Å². The first kappa shape index (κ1) is 13.0. The summed E-state index contributed by atoms with van der Waals surface area (Å²) in [5, 5.41) is 11.6. The fourth-order valence-corrected chi connectivity index (χ4v) is 2.46. The van der Waals surface area contributed by atoms with Crippen LogP contribution in [0, 0.1) is 17.6 Å². The number of hydrogen-bond acceptors (Lipinski definition) is 4. The Morgan fingerprint density at radius 2 is 1.90 bits per heavy atom. The standard InChI is InChI=1S/C13H15F2N5/c1-13(2,7-3-4-7)20-12(17-18-19-20)8-5-9(14)10(15)6-11(8)16/h5-7H,3-4,16H2,1-2H3. The van der Waals surface area contributed by atoms with Gasteiger partial charge in [-0.3, -0.25) is 0 Å². The van der Waals surface area contributed by atoms with Gasteiger partial charge < -0.3 is 5.73 Å². The molecule has 1 aromatic carbocycles. The molecule has 0 bridgehead atoms. The average Bonchev–Trinajstić information content (AvgIpc) is 3.13. The molecule has 3 rings (SSSR count). The molecule has 0 saturated heterocycles. The zero-order valence-corrected chi connectivity index (χ0v) is 11.3. The molecule has 0 aliphatic heterocycles. The highest BCUT2D eigenvalue weighted by molar-refractivity contribution is 5.71. The van der Waals surface area contributed by atoms with E-state index in [9.17, 15) is 8.78 Å². The second kappa shape index (κ2) is 4.22. The lowest BCUT2D eigenvalue weighted by atomic mass is 9.98. The molecule has 0 amide bonds. The molecule has 2 N–H and O–H groups in total. The number of tetrazole rings is 1. The molecule has 0 spiro atoms. The number of hydrogen-bond donors (Lipinski definition) is 1. The van der Waals surface area contributed by atoms with Gasteiger partial charge in [0, 0.05) is 17.3 Å². The van der Waals surface area contributed by atoms with Crippen LogP contribution < -0.4 is 5.73 Å². The molecule has 1 aromatic heterocycles. The smallest absolute Gasteiger partial charge is 0.184 e. The number of aromatic nitrogens is 4. The lowest BCUT2D eigenvalue weighted by Crippen LogP contribution is -2.31. The van der Waals surface area contributed by atoms with E-state index < -0.39 is 11.6 Å². The van der Waals surface area contributed by atoms with Crippen LogP contribution >= 0.6 is 0 Å². The van der Waals surface area contributed by atoms with E-state index in [0.717, 1.165) is 25.0 Å². The highest BCUT2D eigenvalue weighted by atomic mass is 19.2. The van der Waals surface area contributed by atoms with Crippen LogP contribution in [0.25, 0.3) is 11.4 Å². The van der Waals surface area contributed by atoms with Crippen LogP contribution in [-0.4, -0.2) is 20.2 Å². The fourth-order valence-electron chi connectivity index (χ4n) is 2.46. The number of nitrogens with two attached hydrogens (primary N) is 1. The summed E-state index contributed by atoms with van der Waals surface area (Å²) >= 11 is 0. The first-order chi connectivity index (χ1) is 9.41. The maximum atomic E-state index is 13.4. The zero-order valence-electron chi connectivity index (χ0n) is 11.3. The Morgan fingerprint density at radius 3 is 2.55 bits per heavy atom. The van der Waals surface area contributed by atoms with Crippen LogP contribution in [-0.2, 0) is 5.54 Å². The van der Waals surface area contributed by atoms with Crippen molar-refractivity contribution in [2.45, 2.75) is 32.2 Å². The summed E-state index contributed by atoms with van der Waals surface area (Å²) in [4.78, 5) is 0. The van der Waals surface area contributed by atoms with Crippen LogP contribution in [0.4, 0.5) is 14.5 Å². The summed E-state index contributed by atoms with van der Waals surface area (Å²) in [6.45, 7) is 4.06. The van der Waals surface area contributed by atoms with Crippen molar-refractivity contribution in [2.24, 2.45) is 5.92 Å².